The average Bonchev–Trinajstić information content (AvgIpc) is 3.22. The number of fused-ring (bicyclic) bond motifs is 1. The summed E-state index contributed by atoms with van der Waals surface area (Å²) in [5.74, 6) is 1.01. The normalized spacial score (nSPS) is 15.7. The Labute approximate surface area is 189 Å². The molecule has 1 fully saturated rings. The SMILES string of the molecule is CC[C@@H](C)NC(=O)CC1CCN(C(=O)c2ccc3oc(-c4ccc(C)cc4)nc3c2)CC1. The van der Waals surface area contributed by atoms with E-state index in [1.807, 2.05) is 55.1 Å². The molecule has 2 heterocycles. The Hall–Kier alpha value is -3.15. The van der Waals surface area contributed by atoms with Crippen LogP contribution in [0.4, 0.5) is 0 Å². The van der Waals surface area contributed by atoms with Crippen LogP contribution in [0, 0.1) is 12.8 Å². The molecule has 1 aliphatic rings. The summed E-state index contributed by atoms with van der Waals surface area (Å²) in [5, 5.41) is 3.03. The van der Waals surface area contributed by atoms with Crippen molar-refractivity contribution < 1.29 is 14.0 Å². The number of rotatable bonds is 6. The van der Waals surface area contributed by atoms with E-state index in [0.717, 1.165) is 24.8 Å². The van der Waals surface area contributed by atoms with Gasteiger partial charge in [0.1, 0.15) is 5.52 Å². The van der Waals surface area contributed by atoms with Gasteiger partial charge in [-0.15, -0.1) is 0 Å². The van der Waals surface area contributed by atoms with Crippen LogP contribution in [-0.2, 0) is 4.79 Å². The van der Waals surface area contributed by atoms with Gasteiger partial charge >= 0.3 is 0 Å². The zero-order valence-electron chi connectivity index (χ0n) is 19.1. The first-order valence-corrected chi connectivity index (χ1v) is 11.5. The van der Waals surface area contributed by atoms with Crippen LogP contribution < -0.4 is 5.32 Å². The summed E-state index contributed by atoms with van der Waals surface area (Å²) in [7, 11) is 0. The smallest absolute Gasteiger partial charge is 0.253 e. The molecule has 1 atom stereocenters. The molecule has 0 spiro atoms. The fraction of sp³-hybridized carbons (Fsp3) is 0.423. The minimum absolute atomic E-state index is 0.00860. The van der Waals surface area contributed by atoms with Crippen molar-refractivity contribution in [3.63, 3.8) is 0 Å². The standard InChI is InChI=1S/C26H31N3O3/c1-4-18(3)27-24(30)15-19-11-13-29(14-12-19)26(31)21-9-10-23-22(16-21)28-25(32-23)20-7-5-17(2)6-8-20/h5-10,16,18-19H,4,11-15H2,1-3H3,(H,27,30)/t18-/m1/s1. The third-order valence-electron chi connectivity index (χ3n) is 6.33. The lowest BCUT2D eigenvalue weighted by atomic mass is 9.92. The van der Waals surface area contributed by atoms with Gasteiger partial charge in [0.05, 0.1) is 0 Å². The molecule has 3 aromatic rings. The molecule has 0 unspecified atom stereocenters. The lowest BCUT2D eigenvalue weighted by Gasteiger charge is -2.32. The zero-order valence-corrected chi connectivity index (χ0v) is 19.1. The largest absolute Gasteiger partial charge is 0.436 e. The number of nitrogens with zero attached hydrogens (tertiary/aromatic N) is 2. The highest BCUT2D eigenvalue weighted by atomic mass is 16.3. The molecule has 1 N–H and O–H groups in total. The molecule has 2 amide bonds. The van der Waals surface area contributed by atoms with E-state index in [9.17, 15) is 9.59 Å². The quantitative estimate of drug-likeness (QED) is 0.596. The van der Waals surface area contributed by atoms with Gasteiger partial charge in [-0.1, -0.05) is 24.6 Å². The van der Waals surface area contributed by atoms with Gasteiger partial charge in [-0.2, -0.15) is 0 Å². The molecule has 6 heteroatoms. The number of aryl methyl sites for hydroxylation is 1. The summed E-state index contributed by atoms with van der Waals surface area (Å²) in [5.41, 5.74) is 4.07. The van der Waals surface area contributed by atoms with Crippen LogP contribution in [-0.4, -0.2) is 40.8 Å². The molecule has 0 radical (unpaired) electrons. The van der Waals surface area contributed by atoms with Crippen LogP contribution in [0.2, 0.25) is 0 Å². The predicted molar refractivity (Wildman–Crippen MR) is 125 cm³/mol. The molecule has 4 rings (SSSR count). The minimum Gasteiger partial charge on any atom is -0.436 e. The molecule has 1 saturated heterocycles. The number of oxazole rings is 1. The molecule has 0 saturated carbocycles. The Morgan fingerprint density at radius 1 is 1.16 bits per heavy atom. The van der Waals surface area contributed by atoms with E-state index >= 15 is 0 Å². The lowest BCUT2D eigenvalue weighted by Crippen LogP contribution is -2.40. The van der Waals surface area contributed by atoms with E-state index < -0.39 is 0 Å². The van der Waals surface area contributed by atoms with Gasteiger partial charge in [-0.25, -0.2) is 4.98 Å². The van der Waals surface area contributed by atoms with Crippen LogP contribution in [0.25, 0.3) is 22.6 Å². The van der Waals surface area contributed by atoms with Crippen molar-refractivity contribution in [2.75, 3.05) is 13.1 Å². The van der Waals surface area contributed by atoms with Crippen LogP contribution >= 0.6 is 0 Å². The molecule has 0 bridgehead atoms. The van der Waals surface area contributed by atoms with Crippen molar-refractivity contribution in [1.29, 1.82) is 0 Å². The van der Waals surface area contributed by atoms with Crippen LogP contribution in [0.5, 0.6) is 0 Å². The molecular formula is C26H31N3O3. The Morgan fingerprint density at radius 3 is 2.56 bits per heavy atom. The van der Waals surface area contributed by atoms with Crippen molar-refractivity contribution in [2.45, 2.75) is 52.5 Å². The van der Waals surface area contributed by atoms with Crippen molar-refractivity contribution in [1.82, 2.24) is 15.2 Å². The Balaban J connectivity index is 1.39. The first-order valence-electron chi connectivity index (χ1n) is 11.5. The second kappa shape index (κ2) is 9.55. The third-order valence-corrected chi connectivity index (χ3v) is 6.33. The maximum Gasteiger partial charge on any atom is 0.253 e. The lowest BCUT2D eigenvalue weighted by molar-refractivity contribution is -0.122. The third kappa shape index (κ3) is 5.01. The van der Waals surface area contributed by atoms with Crippen molar-refractivity contribution in [3.05, 3.63) is 53.6 Å². The summed E-state index contributed by atoms with van der Waals surface area (Å²) < 4.78 is 5.89. The molecule has 32 heavy (non-hydrogen) atoms. The predicted octanol–water partition coefficient (Wildman–Crippen LogP) is 4.96. The molecular weight excluding hydrogens is 402 g/mol. The number of piperidine rings is 1. The van der Waals surface area contributed by atoms with E-state index in [4.69, 9.17) is 4.42 Å². The number of carbonyl (C=O) groups is 2. The molecule has 0 aliphatic carbocycles. The molecule has 1 aromatic heterocycles. The van der Waals surface area contributed by atoms with Gasteiger partial charge in [-0.3, -0.25) is 9.59 Å². The number of benzene rings is 2. The number of hydrogen-bond donors (Lipinski definition) is 1. The highest BCUT2D eigenvalue weighted by Crippen LogP contribution is 2.27. The van der Waals surface area contributed by atoms with E-state index in [2.05, 4.69) is 17.2 Å². The Morgan fingerprint density at radius 2 is 1.88 bits per heavy atom. The van der Waals surface area contributed by atoms with Gasteiger partial charge in [0.25, 0.3) is 5.91 Å². The molecule has 168 valence electrons. The molecule has 2 aromatic carbocycles. The highest BCUT2D eigenvalue weighted by Gasteiger charge is 2.26. The fourth-order valence-corrected chi connectivity index (χ4v) is 4.10. The number of hydrogen-bond acceptors (Lipinski definition) is 4. The summed E-state index contributed by atoms with van der Waals surface area (Å²) in [4.78, 5) is 31.7. The van der Waals surface area contributed by atoms with E-state index in [1.165, 1.54) is 5.56 Å². The molecule has 1 aliphatic heterocycles. The van der Waals surface area contributed by atoms with Crippen LogP contribution in [0.1, 0.15) is 55.5 Å². The summed E-state index contributed by atoms with van der Waals surface area (Å²) in [6, 6.07) is 13.7. The van der Waals surface area contributed by atoms with Crippen LogP contribution in [0.3, 0.4) is 0 Å². The average molecular weight is 434 g/mol. The second-order valence-corrected chi connectivity index (χ2v) is 8.88. The van der Waals surface area contributed by atoms with Gasteiger partial charge in [-0.05, 0) is 69.4 Å². The highest BCUT2D eigenvalue weighted by molar-refractivity contribution is 5.97. The van der Waals surface area contributed by atoms with Crippen LogP contribution in [0.15, 0.2) is 46.9 Å². The summed E-state index contributed by atoms with van der Waals surface area (Å²) in [6.45, 7) is 7.47. The van der Waals surface area contributed by atoms with Gasteiger partial charge in [0.15, 0.2) is 5.58 Å². The first kappa shape index (κ1) is 22.1. The van der Waals surface area contributed by atoms with Gasteiger partial charge in [0.2, 0.25) is 11.8 Å². The van der Waals surface area contributed by atoms with E-state index in [1.54, 1.807) is 6.07 Å². The van der Waals surface area contributed by atoms with Crippen molar-refractivity contribution in [3.8, 4) is 11.5 Å². The van der Waals surface area contributed by atoms with Crippen molar-refractivity contribution in [2.24, 2.45) is 5.92 Å². The van der Waals surface area contributed by atoms with Gasteiger partial charge < -0.3 is 14.6 Å². The topological polar surface area (TPSA) is 75.4 Å². The number of likely N-dealkylation sites (tertiary alicyclic amines) is 1. The zero-order chi connectivity index (χ0) is 22.7. The Bertz CT molecular complexity index is 1100. The van der Waals surface area contributed by atoms with E-state index in [0.29, 0.717) is 48.0 Å². The maximum atomic E-state index is 13.1. The number of amides is 2. The van der Waals surface area contributed by atoms with E-state index in [-0.39, 0.29) is 17.9 Å². The first-order chi connectivity index (χ1) is 15.4. The number of carbonyl (C=O) groups excluding carboxylic acids is 2. The maximum absolute atomic E-state index is 13.1. The minimum atomic E-state index is 0.00860. The molecule has 6 nitrogen and oxygen atoms in total. The summed E-state index contributed by atoms with van der Waals surface area (Å²) in [6.07, 6.45) is 3.17. The number of aromatic nitrogens is 1. The second-order valence-electron chi connectivity index (χ2n) is 8.88. The number of nitrogens with one attached hydrogen (secondary N) is 1. The van der Waals surface area contributed by atoms with Crippen molar-refractivity contribution >= 4 is 22.9 Å². The fourth-order valence-electron chi connectivity index (χ4n) is 4.10. The van der Waals surface area contributed by atoms with Gasteiger partial charge in [0, 0.05) is 36.7 Å². The monoisotopic (exact) mass is 433 g/mol. The Kier molecular flexibility index (Phi) is 6.58. The summed E-state index contributed by atoms with van der Waals surface area (Å²) >= 11 is 0.